The number of benzene rings is 2. The first-order valence-electron chi connectivity index (χ1n) is 8.99. The summed E-state index contributed by atoms with van der Waals surface area (Å²) in [6.45, 7) is 1.42. The number of carbonyl (C=O) groups excluding carboxylic acids is 2. The van der Waals surface area contributed by atoms with Crippen molar-refractivity contribution >= 4 is 28.5 Å². The number of esters is 1. The van der Waals surface area contributed by atoms with Crippen molar-refractivity contribution in [2.24, 2.45) is 0 Å². The highest BCUT2D eigenvalue weighted by molar-refractivity contribution is 6.03. The number of amides is 1. The van der Waals surface area contributed by atoms with Crippen molar-refractivity contribution < 1.29 is 18.8 Å². The molecule has 0 spiro atoms. The summed E-state index contributed by atoms with van der Waals surface area (Å²) in [7, 11) is 0. The van der Waals surface area contributed by atoms with Crippen molar-refractivity contribution in [2.45, 2.75) is 6.92 Å². The summed E-state index contributed by atoms with van der Waals surface area (Å²) in [5.41, 5.74) is 2.01. The summed E-state index contributed by atoms with van der Waals surface area (Å²) in [5.74, 6) is -1.32. The fourth-order valence-electron chi connectivity index (χ4n) is 2.84. The summed E-state index contributed by atoms with van der Waals surface area (Å²) in [5, 5.41) is 13.0. The number of aromatic nitrogens is 3. The largest absolute Gasteiger partial charge is 0.451 e. The normalized spacial score (nSPS) is 10.7. The van der Waals surface area contributed by atoms with Crippen LogP contribution in [0, 0.1) is 6.92 Å². The van der Waals surface area contributed by atoms with E-state index in [1.165, 1.54) is 0 Å². The Hall–Kier alpha value is -4.27. The summed E-state index contributed by atoms with van der Waals surface area (Å²) >= 11 is 0. The second-order valence-corrected chi connectivity index (χ2v) is 6.51. The average molecular weight is 404 g/mol. The molecular weight excluding hydrogens is 388 g/mol. The molecule has 1 amide bonds. The molecule has 0 fully saturated rings. The van der Waals surface area contributed by atoms with E-state index in [0.29, 0.717) is 16.5 Å². The summed E-state index contributed by atoms with van der Waals surface area (Å²) in [6, 6.07) is 15.7. The maximum atomic E-state index is 12.3. The van der Waals surface area contributed by atoms with Gasteiger partial charge in [-0.05, 0) is 13.0 Å². The number of hydrogen-bond donors (Lipinski definition) is 2. The molecule has 0 aliphatic rings. The van der Waals surface area contributed by atoms with Gasteiger partial charge in [0.2, 0.25) is 5.88 Å². The van der Waals surface area contributed by atoms with E-state index >= 15 is 0 Å². The highest BCUT2D eigenvalue weighted by Gasteiger charge is 2.17. The molecule has 0 unspecified atom stereocenters. The van der Waals surface area contributed by atoms with E-state index in [1.54, 1.807) is 30.3 Å². The molecule has 4 rings (SSSR count). The predicted molar refractivity (Wildman–Crippen MR) is 108 cm³/mol. The van der Waals surface area contributed by atoms with Crippen LogP contribution >= 0.6 is 0 Å². The Bertz CT molecular complexity index is 1290. The molecule has 0 aliphatic carbocycles. The molecule has 4 aromatic rings. The summed E-state index contributed by atoms with van der Waals surface area (Å²) in [4.78, 5) is 36.2. The molecule has 0 aliphatic heterocycles. The van der Waals surface area contributed by atoms with Crippen LogP contribution in [0.5, 0.6) is 0 Å². The third-order valence-electron chi connectivity index (χ3n) is 4.34. The lowest BCUT2D eigenvalue weighted by Crippen LogP contribution is -2.22. The van der Waals surface area contributed by atoms with Crippen LogP contribution in [0.4, 0.5) is 5.88 Å². The molecule has 2 heterocycles. The summed E-state index contributed by atoms with van der Waals surface area (Å²) in [6.07, 6.45) is 0. The van der Waals surface area contributed by atoms with Crippen LogP contribution in [0.3, 0.4) is 0 Å². The van der Waals surface area contributed by atoms with Crippen molar-refractivity contribution in [1.29, 1.82) is 0 Å². The number of anilines is 1. The monoisotopic (exact) mass is 404 g/mol. The smallest absolute Gasteiger partial charge is 0.359 e. The maximum absolute atomic E-state index is 12.3. The van der Waals surface area contributed by atoms with Crippen LogP contribution in [-0.4, -0.2) is 33.8 Å². The zero-order chi connectivity index (χ0) is 21.1. The average Bonchev–Trinajstić information content (AvgIpc) is 3.21. The van der Waals surface area contributed by atoms with Gasteiger partial charge in [-0.15, -0.1) is 0 Å². The molecule has 2 aromatic heterocycles. The number of H-pyrrole nitrogens is 1. The molecule has 9 nitrogen and oxygen atoms in total. The number of fused-ring (bicyclic) bond motifs is 1. The van der Waals surface area contributed by atoms with Gasteiger partial charge in [-0.25, -0.2) is 9.89 Å². The molecule has 0 saturated carbocycles. The van der Waals surface area contributed by atoms with E-state index in [-0.39, 0.29) is 11.6 Å². The van der Waals surface area contributed by atoms with Gasteiger partial charge >= 0.3 is 5.97 Å². The third-order valence-corrected chi connectivity index (χ3v) is 4.34. The molecule has 2 aromatic carbocycles. The number of hydrogen-bond acceptors (Lipinski definition) is 7. The van der Waals surface area contributed by atoms with Crippen LogP contribution in [0.1, 0.15) is 16.1 Å². The van der Waals surface area contributed by atoms with Gasteiger partial charge in [0.25, 0.3) is 11.5 Å². The molecule has 9 heteroatoms. The Balaban J connectivity index is 1.40. The first-order chi connectivity index (χ1) is 14.5. The lowest BCUT2D eigenvalue weighted by molar-refractivity contribution is -0.119. The Morgan fingerprint density at radius 1 is 1.10 bits per heavy atom. The second kappa shape index (κ2) is 8.00. The Morgan fingerprint density at radius 2 is 1.83 bits per heavy atom. The van der Waals surface area contributed by atoms with Gasteiger partial charge in [0, 0.05) is 17.0 Å². The number of aromatic amines is 1. The quantitative estimate of drug-likeness (QED) is 0.490. The minimum atomic E-state index is -0.837. The lowest BCUT2D eigenvalue weighted by Gasteiger charge is -2.05. The van der Waals surface area contributed by atoms with Gasteiger partial charge < -0.3 is 9.26 Å². The fourth-order valence-corrected chi connectivity index (χ4v) is 2.84. The van der Waals surface area contributed by atoms with Crippen LogP contribution in [0.25, 0.3) is 22.0 Å². The van der Waals surface area contributed by atoms with Crippen molar-refractivity contribution in [3.05, 3.63) is 76.2 Å². The topological polar surface area (TPSA) is 127 Å². The molecule has 2 N–H and O–H groups in total. The van der Waals surface area contributed by atoms with E-state index in [0.717, 1.165) is 11.1 Å². The number of ether oxygens (including phenoxy) is 1. The van der Waals surface area contributed by atoms with Gasteiger partial charge in [0.1, 0.15) is 5.69 Å². The van der Waals surface area contributed by atoms with Crippen LogP contribution in [-0.2, 0) is 9.53 Å². The van der Waals surface area contributed by atoms with Crippen molar-refractivity contribution in [3.8, 4) is 11.3 Å². The van der Waals surface area contributed by atoms with Gasteiger partial charge in [-0.2, -0.15) is 5.10 Å². The van der Waals surface area contributed by atoms with Gasteiger partial charge in [-0.1, -0.05) is 53.2 Å². The Labute approximate surface area is 169 Å². The fraction of sp³-hybridized carbons (Fsp3) is 0.0952. The van der Waals surface area contributed by atoms with Crippen molar-refractivity contribution in [3.63, 3.8) is 0 Å². The van der Waals surface area contributed by atoms with E-state index in [9.17, 15) is 14.4 Å². The predicted octanol–water partition coefficient (Wildman–Crippen LogP) is 2.68. The van der Waals surface area contributed by atoms with Crippen molar-refractivity contribution in [1.82, 2.24) is 15.4 Å². The first kappa shape index (κ1) is 19.1. The first-order valence-corrected chi connectivity index (χ1v) is 8.99. The molecule has 0 atom stereocenters. The molecule has 0 radical (unpaired) electrons. The zero-order valence-electron chi connectivity index (χ0n) is 15.8. The minimum absolute atomic E-state index is 0.0840. The highest BCUT2D eigenvalue weighted by atomic mass is 16.5. The SMILES string of the molecule is Cc1ccc(-c2cc(NC(=O)COC(=O)c3n[nH]c(=O)c4ccccc34)on2)cc1. The van der Waals surface area contributed by atoms with Crippen LogP contribution in [0.2, 0.25) is 0 Å². The Morgan fingerprint density at radius 3 is 2.60 bits per heavy atom. The lowest BCUT2D eigenvalue weighted by atomic mass is 10.1. The van der Waals surface area contributed by atoms with Gasteiger partial charge in [-0.3, -0.25) is 14.9 Å². The van der Waals surface area contributed by atoms with Crippen LogP contribution < -0.4 is 10.9 Å². The van der Waals surface area contributed by atoms with Crippen LogP contribution in [0.15, 0.2) is 63.9 Å². The third kappa shape index (κ3) is 3.95. The van der Waals surface area contributed by atoms with E-state index in [1.807, 2.05) is 31.2 Å². The zero-order valence-corrected chi connectivity index (χ0v) is 15.8. The number of carbonyl (C=O) groups is 2. The minimum Gasteiger partial charge on any atom is -0.451 e. The van der Waals surface area contributed by atoms with E-state index in [4.69, 9.17) is 9.26 Å². The molecule has 30 heavy (non-hydrogen) atoms. The number of nitrogens with one attached hydrogen (secondary N) is 2. The Kier molecular flexibility index (Phi) is 5.08. The van der Waals surface area contributed by atoms with Crippen molar-refractivity contribution in [2.75, 3.05) is 11.9 Å². The summed E-state index contributed by atoms with van der Waals surface area (Å²) < 4.78 is 10.1. The maximum Gasteiger partial charge on any atom is 0.359 e. The highest BCUT2D eigenvalue weighted by Crippen LogP contribution is 2.22. The molecule has 0 saturated heterocycles. The number of nitrogens with zero attached hydrogens (tertiary/aromatic N) is 2. The molecule has 150 valence electrons. The number of rotatable bonds is 5. The standard InChI is InChI=1S/C21H16N4O5/c1-12-6-8-13(9-7-12)16-10-18(30-25-16)22-17(26)11-29-21(28)19-14-4-2-3-5-15(14)20(27)24-23-19/h2-10H,11H2,1H3,(H,22,26)(H,24,27). The van der Waals surface area contributed by atoms with E-state index in [2.05, 4.69) is 20.7 Å². The van der Waals surface area contributed by atoms with Gasteiger partial charge in [0.15, 0.2) is 12.3 Å². The second-order valence-electron chi connectivity index (χ2n) is 6.51. The molecule has 0 bridgehead atoms. The number of aryl methyl sites for hydroxylation is 1. The van der Waals surface area contributed by atoms with Gasteiger partial charge in [0.05, 0.1) is 5.39 Å². The van der Waals surface area contributed by atoms with E-state index < -0.39 is 24.0 Å². The molecular formula is C21H16N4O5.